The quantitative estimate of drug-likeness (QED) is 0.377. The van der Waals surface area contributed by atoms with Crippen LogP contribution in [0.25, 0.3) is 21.3 Å². The Kier molecular flexibility index (Phi) is 8.11. The lowest BCUT2D eigenvalue weighted by atomic mass is 10.1. The highest BCUT2D eigenvalue weighted by atomic mass is 35.5. The molecule has 1 fully saturated rings. The number of alkyl halides is 2. The lowest BCUT2D eigenvalue weighted by molar-refractivity contribution is -0.0494. The van der Waals surface area contributed by atoms with Gasteiger partial charge in [0.25, 0.3) is 17.7 Å². The van der Waals surface area contributed by atoms with Gasteiger partial charge >= 0.3 is 0 Å². The Hall–Kier alpha value is -2.23. The molecule has 3 aromatic rings. The highest BCUT2D eigenvalue weighted by Crippen LogP contribution is 2.44. The molecule has 1 aliphatic rings. The Bertz CT molecular complexity index is 1510. The number of hydrogen-bond donors (Lipinski definition) is 2. The van der Waals surface area contributed by atoms with Gasteiger partial charge in [0.05, 0.1) is 14.9 Å². The molecule has 0 atom stereocenters. The van der Waals surface area contributed by atoms with E-state index < -0.39 is 46.3 Å². The van der Waals surface area contributed by atoms with Crippen molar-refractivity contribution in [3.8, 4) is 21.3 Å². The summed E-state index contributed by atoms with van der Waals surface area (Å²) in [4.78, 5) is 19.1. The number of aliphatic hydroxyl groups is 1. The van der Waals surface area contributed by atoms with Gasteiger partial charge in [-0.15, -0.1) is 21.5 Å². The lowest BCUT2D eigenvalue weighted by Gasteiger charge is -2.31. The molecule has 4 rings (SSSR count). The van der Waals surface area contributed by atoms with Crippen molar-refractivity contribution in [2.24, 2.45) is 0 Å². The van der Waals surface area contributed by atoms with E-state index in [-0.39, 0.29) is 61.0 Å². The van der Waals surface area contributed by atoms with Gasteiger partial charge < -0.3 is 14.4 Å². The third-order valence-electron chi connectivity index (χ3n) is 5.72. The Labute approximate surface area is 237 Å². The van der Waals surface area contributed by atoms with Crippen LogP contribution in [-0.4, -0.2) is 64.6 Å². The van der Waals surface area contributed by atoms with Gasteiger partial charge in [0.1, 0.15) is 16.2 Å². The third-order valence-corrected chi connectivity index (χ3v) is 9.49. The first kappa shape index (κ1) is 29.7. The minimum absolute atomic E-state index is 0.0892. The molecule has 39 heavy (non-hydrogen) atoms. The monoisotopic (exact) mass is 623 g/mol. The molecule has 212 valence electrons. The SMILES string of the molecule is CC(C)NS(=O)(=O)c1ccc(-c2sc(-c3nnc(C(C)(C)O)o3)nc2C(=O)N2CCC(F)(F)CC2)c(Cl)c1Cl. The highest BCUT2D eigenvalue weighted by molar-refractivity contribution is 7.89. The molecule has 2 aromatic heterocycles. The number of carbonyl (C=O) groups is 1. The number of carbonyl (C=O) groups excluding carboxylic acids is 1. The fourth-order valence-corrected chi connectivity index (χ4v) is 6.95. The molecule has 0 saturated carbocycles. The standard InChI is InChI=1S/C23H25Cl2F2N5O5S2/c1-11(2)31-39(35,36)13-6-5-12(14(24)15(13)25)17-16(20(33)32-9-7-23(26,27)8-10-32)28-19(38-17)18-29-30-21(37-18)22(3,4)34/h5-6,11,31,34H,7-10H2,1-4H3. The van der Waals surface area contributed by atoms with Crippen LogP contribution in [0.1, 0.15) is 56.9 Å². The Morgan fingerprint density at radius 2 is 1.85 bits per heavy atom. The predicted octanol–water partition coefficient (Wildman–Crippen LogP) is 4.95. The predicted molar refractivity (Wildman–Crippen MR) is 142 cm³/mol. The molecule has 0 unspecified atom stereocenters. The fraction of sp³-hybridized carbons (Fsp3) is 0.478. The second-order valence-corrected chi connectivity index (χ2v) is 13.3. The molecule has 3 heterocycles. The van der Waals surface area contributed by atoms with Crippen molar-refractivity contribution in [1.29, 1.82) is 0 Å². The topological polar surface area (TPSA) is 139 Å². The summed E-state index contributed by atoms with van der Waals surface area (Å²) in [7, 11) is -4.00. The second-order valence-electron chi connectivity index (χ2n) is 9.83. The maximum Gasteiger partial charge on any atom is 0.276 e. The van der Waals surface area contributed by atoms with E-state index in [0.29, 0.717) is 0 Å². The van der Waals surface area contributed by atoms with Gasteiger partial charge in [-0.3, -0.25) is 4.79 Å². The maximum atomic E-state index is 13.7. The number of rotatable bonds is 7. The van der Waals surface area contributed by atoms with Gasteiger partial charge in [0.15, 0.2) is 5.01 Å². The molecule has 1 amide bonds. The number of likely N-dealkylation sites (tertiary alicyclic amines) is 1. The average Bonchev–Trinajstić information content (AvgIpc) is 3.47. The molecule has 16 heteroatoms. The van der Waals surface area contributed by atoms with Crippen molar-refractivity contribution < 1.29 is 31.5 Å². The number of piperidine rings is 1. The lowest BCUT2D eigenvalue weighted by Crippen LogP contribution is -2.43. The third kappa shape index (κ3) is 6.25. The normalized spacial score (nSPS) is 16.2. The minimum Gasteiger partial charge on any atom is -0.415 e. The highest BCUT2D eigenvalue weighted by Gasteiger charge is 2.38. The zero-order chi connectivity index (χ0) is 28.9. The zero-order valence-electron chi connectivity index (χ0n) is 21.3. The van der Waals surface area contributed by atoms with Crippen LogP contribution in [0.5, 0.6) is 0 Å². The van der Waals surface area contributed by atoms with Crippen molar-refractivity contribution in [2.45, 2.75) is 63.0 Å². The van der Waals surface area contributed by atoms with Gasteiger partial charge in [-0.1, -0.05) is 29.3 Å². The van der Waals surface area contributed by atoms with Crippen molar-refractivity contribution >= 4 is 50.5 Å². The van der Waals surface area contributed by atoms with E-state index in [1.807, 2.05) is 0 Å². The molecule has 0 spiro atoms. The minimum atomic E-state index is -4.00. The van der Waals surface area contributed by atoms with Gasteiger partial charge in [-0.05, 0) is 33.8 Å². The summed E-state index contributed by atoms with van der Waals surface area (Å²) >= 11 is 13.9. The number of amides is 1. The average molecular weight is 625 g/mol. The van der Waals surface area contributed by atoms with Crippen LogP contribution in [0.3, 0.4) is 0 Å². The van der Waals surface area contributed by atoms with E-state index >= 15 is 0 Å². The molecule has 10 nitrogen and oxygen atoms in total. The van der Waals surface area contributed by atoms with Crippen molar-refractivity contribution in [3.63, 3.8) is 0 Å². The van der Waals surface area contributed by atoms with Crippen LogP contribution in [0, 0.1) is 0 Å². The van der Waals surface area contributed by atoms with Crippen LogP contribution in [0.15, 0.2) is 21.4 Å². The first-order chi connectivity index (χ1) is 18.0. The number of nitrogens with zero attached hydrogens (tertiary/aromatic N) is 4. The summed E-state index contributed by atoms with van der Waals surface area (Å²) in [6, 6.07) is 2.23. The number of hydrogen-bond acceptors (Lipinski definition) is 9. The molecule has 0 radical (unpaired) electrons. The molecule has 2 N–H and O–H groups in total. The number of sulfonamides is 1. The molecule has 0 bridgehead atoms. The van der Waals surface area contributed by atoms with Crippen molar-refractivity contribution in [3.05, 3.63) is 33.8 Å². The van der Waals surface area contributed by atoms with Crippen LogP contribution in [0.4, 0.5) is 8.78 Å². The first-order valence-electron chi connectivity index (χ1n) is 11.8. The molecule has 1 aromatic carbocycles. The van der Waals surface area contributed by atoms with E-state index in [2.05, 4.69) is 19.9 Å². The summed E-state index contributed by atoms with van der Waals surface area (Å²) in [5, 5.41) is 17.6. The van der Waals surface area contributed by atoms with Gasteiger partial charge in [0, 0.05) is 37.5 Å². The summed E-state index contributed by atoms with van der Waals surface area (Å²) in [6.07, 6.45) is -0.989. The molecular weight excluding hydrogens is 599 g/mol. The van der Waals surface area contributed by atoms with Crippen LogP contribution in [0.2, 0.25) is 10.0 Å². The largest absolute Gasteiger partial charge is 0.415 e. The van der Waals surface area contributed by atoms with E-state index in [9.17, 15) is 27.1 Å². The smallest absolute Gasteiger partial charge is 0.276 e. The Morgan fingerprint density at radius 1 is 1.21 bits per heavy atom. The van der Waals surface area contributed by atoms with Crippen molar-refractivity contribution in [2.75, 3.05) is 13.1 Å². The molecular formula is C23H25Cl2F2N5O5S2. The summed E-state index contributed by atoms with van der Waals surface area (Å²) in [5.41, 5.74) is -1.37. The van der Waals surface area contributed by atoms with Gasteiger partial charge in [0.2, 0.25) is 15.9 Å². The van der Waals surface area contributed by atoms with Crippen molar-refractivity contribution in [1.82, 2.24) is 24.8 Å². The van der Waals surface area contributed by atoms with Crippen LogP contribution >= 0.6 is 34.5 Å². The van der Waals surface area contributed by atoms with E-state index in [4.69, 9.17) is 27.6 Å². The number of thiazole rings is 1. The van der Waals surface area contributed by atoms with Crippen LogP contribution < -0.4 is 4.72 Å². The number of benzene rings is 1. The molecule has 0 aliphatic carbocycles. The number of aromatic nitrogens is 3. The second kappa shape index (κ2) is 10.6. The summed E-state index contributed by atoms with van der Waals surface area (Å²) < 4.78 is 60.9. The zero-order valence-corrected chi connectivity index (χ0v) is 24.4. The van der Waals surface area contributed by atoms with E-state index in [1.165, 1.54) is 30.9 Å². The molecule has 1 saturated heterocycles. The van der Waals surface area contributed by atoms with E-state index in [1.54, 1.807) is 13.8 Å². The first-order valence-corrected chi connectivity index (χ1v) is 14.8. The van der Waals surface area contributed by atoms with Gasteiger partial charge in [-0.2, -0.15) is 0 Å². The van der Waals surface area contributed by atoms with Gasteiger partial charge in [-0.25, -0.2) is 26.9 Å². The maximum absolute atomic E-state index is 13.7. The Balaban J connectivity index is 1.82. The number of halogens is 4. The van der Waals surface area contributed by atoms with Crippen LogP contribution in [-0.2, 0) is 15.6 Å². The van der Waals surface area contributed by atoms with E-state index in [0.717, 1.165) is 11.3 Å². The fourth-order valence-electron chi connectivity index (χ4n) is 3.77. The number of nitrogens with one attached hydrogen (secondary N) is 1. The molecule has 1 aliphatic heterocycles. The summed E-state index contributed by atoms with van der Waals surface area (Å²) in [6.45, 7) is 5.82. The summed E-state index contributed by atoms with van der Waals surface area (Å²) in [5.74, 6) is -3.68. The Morgan fingerprint density at radius 3 is 2.41 bits per heavy atom.